The summed E-state index contributed by atoms with van der Waals surface area (Å²) in [5, 5.41) is 3.51. The van der Waals surface area contributed by atoms with Gasteiger partial charge in [0.05, 0.1) is 46.3 Å². The predicted octanol–water partition coefficient (Wildman–Crippen LogP) is 3.67. The van der Waals surface area contributed by atoms with Gasteiger partial charge in [0.2, 0.25) is 5.95 Å². The fraction of sp³-hybridized carbons (Fsp3) is 0.389. The van der Waals surface area contributed by atoms with Gasteiger partial charge in [0, 0.05) is 17.8 Å². The predicted molar refractivity (Wildman–Crippen MR) is 106 cm³/mol. The van der Waals surface area contributed by atoms with Gasteiger partial charge < -0.3 is 9.64 Å². The van der Waals surface area contributed by atoms with Crippen LogP contribution < -0.4 is 4.90 Å². The molecule has 1 aliphatic rings. The van der Waals surface area contributed by atoms with E-state index in [-0.39, 0.29) is 18.5 Å². The van der Waals surface area contributed by atoms with Crippen molar-refractivity contribution < 1.29 is 22.7 Å². The molecule has 3 aromatic rings. The van der Waals surface area contributed by atoms with E-state index in [1.807, 2.05) is 19.2 Å². The lowest BCUT2D eigenvalue weighted by atomic mass is 10.2. The number of hydrogen-bond donors (Lipinski definition) is 0. The third kappa shape index (κ3) is 4.43. The normalized spacial score (nSPS) is 14.6. The van der Waals surface area contributed by atoms with Gasteiger partial charge >= 0.3 is 12.1 Å². The first-order valence-corrected chi connectivity index (χ1v) is 10.6. The first kappa shape index (κ1) is 20.7. The summed E-state index contributed by atoms with van der Waals surface area (Å²) in [7, 11) is 0. The molecule has 0 amide bonds. The third-order valence-corrected chi connectivity index (χ3v) is 6.32. The lowest BCUT2D eigenvalue weighted by Gasteiger charge is -2.38. The number of esters is 1. The number of hydrogen-bond acceptors (Lipinski definition) is 9. The van der Waals surface area contributed by atoms with E-state index in [0.29, 0.717) is 18.1 Å². The number of anilines is 1. The quantitative estimate of drug-likeness (QED) is 0.543. The largest absolute Gasteiger partial charge is 0.458 e. The van der Waals surface area contributed by atoms with E-state index in [9.17, 15) is 18.0 Å². The summed E-state index contributed by atoms with van der Waals surface area (Å²) in [4.78, 5) is 31.2. The first-order chi connectivity index (χ1) is 14.2. The Labute approximate surface area is 177 Å². The summed E-state index contributed by atoms with van der Waals surface area (Å²) in [6.07, 6.45) is -3.27. The monoisotopic (exact) mass is 455 g/mol. The molecule has 0 radical (unpaired) electrons. The zero-order chi connectivity index (χ0) is 21.5. The van der Waals surface area contributed by atoms with Crippen molar-refractivity contribution in [1.82, 2.24) is 19.9 Å². The number of carbonyl (C=O) groups excluding carboxylic acids is 1. The zero-order valence-electron chi connectivity index (χ0n) is 15.9. The van der Waals surface area contributed by atoms with Crippen LogP contribution in [0, 0.1) is 13.8 Å². The van der Waals surface area contributed by atoms with E-state index in [4.69, 9.17) is 4.74 Å². The fourth-order valence-electron chi connectivity index (χ4n) is 2.92. The summed E-state index contributed by atoms with van der Waals surface area (Å²) in [5.41, 5.74) is 0.818. The van der Waals surface area contributed by atoms with Crippen LogP contribution in [0.3, 0.4) is 0 Å². The molecular weight excluding hydrogens is 439 g/mol. The molecular formula is C18H16F3N5O2S2. The van der Waals surface area contributed by atoms with Crippen molar-refractivity contribution >= 4 is 34.6 Å². The molecule has 0 saturated carbocycles. The van der Waals surface area contributed by atoms with E-state index >= 15 is 0 Å². The number of rotatable bonds is 5. The van der Waals surface area contributed by atoms with Crippen molar-refractivity contribution in [3.05, 3.63) is 39.0 Å². The van der Waals surface area contributed by atoms with Crippen LogP contribution in [-0.4, -0.2) is 45.1 Å². The highest BCUT2D eigenvalue weighted by atomic mass is 32.1. The first-order valence-electron chi connectivity index (χ1n) is 8.91. The van der Waals surface area contributed by atoms with Crippen LogP contribution in [0.25, 0.3) is 10.6 Å². The van der Waals surface area contributed by atoms with Gasteiger partial charge in [-0.1, -0.05) is 0 Å². The Morgan fingerprint density at radius 3 is 2.53 bits per heavy atom. The molecule has 158 valence electrons. The number of carbonyl (C=O) groups is 1. The molecule has 0 N–H and O–H groups in total. The van der Waals surface area contributed by atoms with Gasteiger partial charge in [0.15, 0.2) is 0 Å². The summed E-state index contributed by atoms with van der Waals surface area (Å²) >= 11 is 2.95. The molecule has 0 bridgehead atoms. The molecule has 30 heavy (non-hydrogen) atoms. The minimum absolute atomic E-state index is 0.0643. The van der Waals surface area contributed by atoms with Gasteiger partial charge in [-0.25, -0.2) is 19.9 Å². The van der Waals surface area contributed by atoms with E-state index in [0.717, 1.165) is 33.7 Å². The van der Waals surface area contributed by atoms with Crippen molar-refractivity contribution in [2.75, 3.05) is 18.0 Å². The Bertz CT molecular complexity index is 1060. The number of aryl methyl sites for hydroxylation is 2. The smallest absolute Gasteiger partial charge is 0.419 e. The summed E-state index contributed by atoms with van der Waals surface area (Å²) in [5.74, 6) is -0.221. The number of aromatic nitrogens is 4. The highest BCUT2D eigenvalue weighted by Crippen LogP contribution is 2.31. The summed E-state index contributed by atoms with van der Waals surface area (Å²) in [6, 6.07) is 0. The second kappa shape index (κ2) is 7.91. The van der Waals surface area contributed by atoms with Crippen LogP contribution in [0.15, 0.2) is 17.8 Å². The molecule has 12 heteroatoms. The minimum Gasteiger partial charge on any atom is -0.458 e. The topological polar surface area (TPSA) is 81.1 Å². The Hall–Kier alpha value is -2.60. The van der Waals surface area contributed by atoms with Crippen molar-refractivity contribution in [1.29, 1.82) is 0 Å². The van der Waals surface area contributed by atoms with Crippen molar-refractivity contribution in [3.63, 3.8) is 0 Å². The molecule has 1 fully saturated rings. The number of alkyl halides is 3. The van der Waals surface area contributed by atoms with Crippen LogP contribution in [0.1, 0.15) is 21.3 Å². The second-order valence-electron chi connectivity index (χ2n) is 6.74. The minimum atomic E-state index is -4.47. The average Bonchev–Trinajstić information content (AvgIpc) is 3.22. The SMILES string of the molecule is Cc1nc(C)c(-c2csc(CC(=O)OC3CN(c4ncc(C(F)(F)F)cn4)C3)n2)s1. The molecule has 1 saturated heterocycles. The molecule has 3 aromatic heterocycles. The Morgan fingerprint density at radius 1 is 1.23 bits per heavy atom. The van der Waals surface area contributed by atoms with E-state index in [1.54, 1.807) is 16.2 Å². The highest BCUT2D eigenvalue weighted by molar-refractivity contribution is 7.16. The number of thiazole rings is 2. The highest BCUT2D eigenvalue weighted by Gasteiger charge is 2.34. The van der Waals surface area contributed by atoms with E-state index in [2.05, 4.69) is 19.9 Å². The number of nitrogens with zero attached hydrogens (tertiary/aromatic N) is 5. The Kier molecular flexibility index (Phi) is 5.45. The van der Waals surface area contributed by atoms with E-state index in [1.165, 1.54) is 11.3 Å². The summed E-state index contributed by atoms with van der Waals surface area (Å²) < 4.78 is 43.1. The molecule has 1 aliphatic heterocycles. The maximum atomic E-state index is 12.6. The van der Waals surface area contributed by atoms with Gasteiger partial charge in [-0.05, 0) is 13.8 Å². The van der Waals surface area contributed by atoms with Crippen LogP contribution in [0.4, 0.5) is 19.1 Å². The maximum Gasteiger partial charge on any atom is 0.419 e. The van der Waals surface area contributed by atoms with Crippen LogP contribution >= 0.6 is 22.7 Å². The molecule has 4 rings (SSSR count). The van der Waals surface area contributed by atoms with Gasteiger partial charge in [0.1, 0.15) is 11.1 Å². The van der Waals surface area contributed by atoms with Crippen molar-refractivity contribution in [2.45, 2.75) is 32.5 Å². The Morgan fingerprint density at radius 2 is 1.93 bits per heavy atom. The standard InChI is InChI=1S/C18H16F3N5O2S2/c1-9-16(30-10(2)24-9)13-8-29-14(25-13)3-15(27)28-12-6-26(7-12)17-22-4-11(5-23-17)18(19,20)21/h4-5,8,12H,3,6-7H2,1-2H3. The molecule has 4 heterocycles. The van der Waals surface area contributed by atoms with Crippen molar-refractivity contribution in [3.8, 4) is 10.6 Å². The Balaban J connectivity index is 1.28. The lowest BCUT2D eigenvalue weighted by molar-refractivity contribution is -0.149. The van der Waals surface area contributed by atoms with Crippen LogP contribution in [0.2, 0.25) is 0 Å². The molecule has 0 atom stereocenters. The maximum absolute atomic E-state index is 12.6. The van der Waals surface area contributed by atoms with Gasteiger partial charge in [-0.15, -0.1) is 22.7 Å². The molecule has 0 unspecified atom stereocenters. The molecule has 0 spiro atoms. The number of halogens is 3. The molecule has 0 aromatic carbocycles. The molecule has 7 nitrogen and oxygen atoms in total. The zero-order valence-corrected chi connectivity index (χ0v) is 17.6. The number of ether oxygens (including phenoxy) is 1. The van der Waals surface area contributed by atoms with Crippen molar-refractivity contribution in [2.24, 2.45) is 0 Å². The van der Waals surface area contributed by atoms with Crippen LogP contribution in [-0.2, 0) is 22.1 Å². The van der Waals surface area contributed by atoms with Gasteiger partial charge in [-0.3, -0.25) is 4.79 Å². The molecule has 0 aliphatic carbocycles. The average molecular weight is 455 g/mol. The lowest BCUT2D eigenvalue weighted by Crippen LogP contribution is -2.53. The third-order valence-electron chi connectivity index (χ3n) is 4.38. The fourth-order valence-corrected chi connectivity index (χ4v) is 4.65. The van der Waals surface area contributed by atoms with Gasteiger partial charge in [-0.2, -0.15) is 13.2 Å². The van der Waals surface area contributed by atoms with Crippen LogP contribution in [0.5, 0.6) is 0 Å². The van der Waals surface area contributed by atoms with E-state index < -0.39 is 17.7 Å². The summed E-state index contributed by atoms with van der Waals surface area (Å²) in [6.45, 7) is 4.53. The second-order valence-corrected chi connectivity index (χ2v) is 8.88. The van der Waals surface area contributed by atoms with Gasteiger partial charge in [0.25, 0.3) is 0 Å².